The Hall–Kier alpha value is -2.37. The molecule has 0 unspecified atom stereocenters. The molecule has 1 aromatic rings. The second kappa shape index (κ2) is 7.15. The molecule has 0 aromatic heterocycles. The molecule has 0 fully saturated rings. The van der Waals surface area contributed by atoms with E-state index in [1.165, 1.54) is 0 Å². The molecule has 1 rings (SSSR count). The number of hydrogen-bond donors (Lipinski definition) is 3. The smallest absolute Gasteiger partial charge is 0.326 e. The van der Waals surface area contributed by atoms with E-state index in [4.69, 9.17) is 10.2 Å². The van der Waals surface area contributed by atoms with Crippen molar-refractivity contribution in [2.45, 2.75) is 25.3 Å². The molecule has 0 aliphatic heterocycles. The van der Waals surface area contributed by atoms with E-state index < -0.39 is 23.9 Å². The highest BCUT2D eigenvalue weighted by Crippen LogP contribution is 2.04. The number of hydrogen-bond acceptors (Lipinski definition) is 3. The van der Waals surface area contributed by atoms with Gasteiger partial charge in [0.05, 0.1) is 0 Å². The summed E-state index contributed by atoms with van der Waals surface area (Å²) in [6, 6.07) is 7.17. The minimum absolute atomic E-state index is 0.0835. The molecular formula is C13H15NO5. The summed E-state index contributed by atoms with van der Waals surface area (Å²) in [7, 11) is 0. The van der Waals surface area contributed by atoms with Crippen LogP contribution in [0.5, 0.6) is 0 Å². The summed E-state index contributed by atoms with van der Waals surface area (Å²) >= 11 is 0. The Morgan fingerprint density at radius 3 is 2.26 bits per heavy atom. The fraction of sp³-hybridized carbons (Fsp3) is 0.308. The first-order valence-electron chi connectivity index (χ1n) is 5.81. The highest BCUT2D eigenvalue weighted by Gasteiger charge is 2.20. The molecular weight excluding hydrogens is 250 g/mol. The molecule has 0 spiro atoms. The lowest BCUT2D eigenvalue weighted by atomic mass is 10.1. The van der Waals surface area contributed by atoms with Crippen LogP contribution in [0.25, 0.3) is 0 Å². The Kier molecular flexibility index (Phi) is 5.53. The minimum atomic E-state index is -1.17. The van der Waals surface area contributed by atoms with Crippen LogP contribution in [-0.4, -0.2) is 34.1 Å². The van der Waals surface area contributed by atoms with Gasteiger partial charge in [0, 0.05) is 12.0 Å². The molecule has 0 bridgehead atoms. The molecule has 1 atom stereocenters. The Balaban J connectivity index is 2.56. The molecule has 0 aliphatic carbocycles. The molecule has 0 saturated heterocycles. The van der Waals surface area contributed by atoms with Crippen molar-refractivity contribution >= 4 is 17.8 Å². The van der Waals surface area contributed by atoms with Crippen molar-refractivity contribution in [2.24, 2.45) is 0 Å². The molecule has 0 radical (unpaired) electrons. The van der Waals surface area contributed by atoms with Gasteiger partial charge in [-0.1, -0.05) is 18.2 Å². The van der Waals surface area contributed by atoms with E-state index in [0.29, 0.717) is 5.56 Å². The lowest BCUT2D eigenvalue weighted by Gasteiger charge is -2.13. The number of carbonyl (C=O) groups excluding carboxylic acids is 1. The van der Waals surface area contributed by atoms with Crippen LogP contribution < -0.4 is 5.32 Å². The first-order valence-corrected chi connectivity index (χ1v) is 5.81. The average molecular weight is 265 g/mol. The fourth-order valence-corrected chi connectivity index (χ4v) is 1.55. The number of rotatable bonds is 7. The van der Waals surface area contributed by atoms with Crippen molar-refractivity contribution < 1.29 is 24.6 Å². The Morgan fingerprint density at radius 1 is 1.11 bits per heavy atom. The monoisotopic (exact) mass is 265 g/mol. The van der Waals surface area contributed by atoms with Gasteiger partial charge in [-0.3, -0.25) is 9.59 Å². The third-order valence-corrected chi connectivity index (χ3v) is 2.52. The third-order valence-electron chi connectivity index (χ3n) is 2.52. The first kappa shape index (κ1) is 14.7. The van der Waals surface area contributed by atoms with Gasteiger partial charge in [-0.2, -0.15) is 0 Å². The van der Waals surface area contributed by atoms with Gasteiger partial charge in [-0.05, 0) is 25.0 Å². The summed E-state index contributed by atoms with van der Waals surface area (Å²) in [6.07, 6.45) is 0.159. The molecule has 19 heavy (non-hydrogen) atoms. The van der Waals surface area contributed by atoms with Crippen LogP contribution in [0.3, 0.4) is 0 Å². The van der Waals surface area contributed by atoms with Gasteiger partial charge in [-0.25, -0.2) is 4.79 Å². The Bertz CT molecular complexity index is 457. The van der Waals surface area contributed by atoms with Gasteiger partial charge in [0.2, 0.25) is 0 Å². The number of carbonyl (C=O) groups is 3. The minimum Gasteiger partial charge on any atom is -0.481 e. The summed E-state index contributed by atoms with van der Waals surface area (Å²) in [5.41, 5.74) is 0.368. The van der Waals surface area contributed by atoms with Crippen LogP contribution in [0.15, 0.2) is 30.3 Å². The predicted molar refractivity (Wildman–Crippen MR) is 66.8 cm³/mol. The lowest BCUT2D eigenvalue weighted by molar-refractivity contribution is -0.140. The fourth-order valence-electron chi connectivity index (χ4n) is 1.55. The summed E-state index contributed by atoms with van der Waals surface area (Å²) in [5.74, 6) is -2.64. The van der Waals surface area contributed by atoms with Crippen molar-refractivity contribution in [3.05, 3.63) is 35.9 Å². The third kappa shape index (κ3) is 5.20. The van der Waals surface area contributed by atoms with Gasteiger partial charge < -0.3 is 15.5 Å². The van der Waals surface area contributed by atoms with Gasteiger partial charge >= 0.3 is 11.9 Å². The van der Waals surface area contributed by atoms with E-state index in [2.05, 4.69) is 5.32 Å². The van der Waals surface area contributed by atoms with Crippen LogP contribution in [0.1, 0.15) is 29.6 Å². The van der Waals surface area contributed by atoms with E-state index in [0.717, 1.165) is 0 Å². The average Bonchev–Trinajstić information content (AvgIpc) is 2.37. The van der Waals surface area contributed by atoms with Crippen LogP contribution in [-0.2, 0) is 9.59 Å². The number of amides is 1. The van der Waals surface area contributed by atoms with Crippen LogP contribution in [0.4, 0.5) is 0 Å². The SMILES string of the molecule is O=C(O)CCC[C@H](NC(=O)c1ccccc1)C(=O)O. The second-order valence-corrected chi connectivity index (χ2v) is 4.02. The zero-order chi connectivity index (χ0) is 14.3. The van der Waals surface area contributed by atoms with E-state index in [1.54, 1.807) is 30.3 Å². The topological polar surface area (TPSA) is 104 Å². The summed E-state index contributed by atoms with van der Waals surface area (Å²) in [4.78, 5) is 33.1. The highest BCUT2D eigenvalue weighted by molar-refractivity contribution is 5.96. The van der Waals surface area contributed by atoms with Gasteiger partial charge in [0.25, 0.3) is 5.91 Å². The van der Waals surface area contributed by atoms with Crippen molar-refractivity contribution in [3.63, 3.8) is 0 Å². The van der Waals surface area contributed by atoms with Crippen molar-refractivity contribution in [1.82, 2.24) is 5.32 Å². The first-order chi connectivity index (χ1) is 9.00. The molecule has 0 aliphatic rings. The number of benzene rings is 1. The number of nitrogens with one attached hydrogen (secondary N) is 1. The lowest BCUT2D eigenvalue weighted by Crippen LogP contribution is -2.40. The van der Waals surface area contributed by atoms with E-state index in [9.17, 15) is 14.4 Å². The normalized spacial score (nSPS) is 11.6. The molecule has 6 nitrogen and oxygen atoms in total. The van der Waals surface area contributed by atoms with Crippen molar-refractivity contribution in [1.29, 1.82) is 0 Å². The number of carboxylic acids is 2. The molecule has 0 saturated carbocycles. The predicted octanol–water partition coefficient (Wildman–Crippen LogP) is 1.12. The zero-order valence-electron chi connectivity index (χ0n) is 10.2. The number of aliphatic carboxylic acids is 2. The van der Waals surface area contributed by atoms with E-state index in [1.807, 2.05) is 0 Å². The van der Waals surface area contributed by atoms with Gasteiger partial charge in [-0.15, -0.1) is 0 Å². The molecule has 1 aromatic carbocycles. The van der Waals surface area contributed by atoms with Crippen LogP contribution >= 0.6 is 0 Å². The summed E-state index contributed by atoms with van der Waals surface area (Å²) < 4.78 is 0. The second-order valence-electron chi connectivity index (χ2n) is 4.02. The zero-order valence-corrected chi connectivity index (χ0v) is 10.2. The highest BCUT2D eigenvalue weighted by atomic mass is 16.4. The quantitative estimate of drug-likeness (QED) is 0.685. The molecule has 6 heteroatoms. The number of carboxylic acid groups (broad SMARTS) is 2. The maximum absolute atomic E-state index is 11.8. The van der Waals surface area contributed by atoms with E-state index >= 15 is 0 Å². The van der Waals surface area contributed by atoms with Gasteiger partial charge in [0.15, 0.2) is 0 Å². The maximum Gasteiger partial charge on any atom is 0.326 e. The standard InChI is InChI=1S/C13H15NO5/c15-11(16)8-4-7-10(13(18)19)14-12(17)9-5-2-1-3-6-9/h1-3,5-6,10H,4,7-8H2,(H,14,17)(H,15,16)(H,18,19)/t10-/m0/s1. The Labute approximate surface area is 110 Å². The molecule has 102 valence electrons. The largest absolute Gasteiger partial charge is 0.481 e. The van der Waals surface area contributed by atoms with Crippen LogP contribution in [0, 0.1) is 0 Å². The molecule has 1 amide bonds. The van der Waals surface area contributed by atoms with Crippen molar-refractivity contribution in [3.8, 4) is 0 Å². The summed E-state index contributed by atoms with van der Waals surface area (Å²) in [6.45, 7) is 0. The maximum atomic E-state index is 11.8. The van der Waals surface area contributed by atoms with E-state index in [-0.39, 0.29) is 19.3 Å². The van der Waals surface area contributed by atoms with Crippen LogP contribution in [0.2, 0.25) is 0 Å². The Morgan fingerprint density at radius 2 is 1.74 bits per heavy atom. The van der Waals surface area contributed by atoms with Gasteiger partial charge in [0.1, 0.15) is 6.04 Å². The molecule has 3 N–H and O–H groups in total. The van der Waals surface area contributed by atoms with Crippen molar-refractivity contribution in [2.75, 3.05) is 0 Å². The summed E-state index contributed by atoms with van der Waals surface area (Å²) in [5, 5.41) is 19.8. The molecule has 0 heterocycles.